The monoisotopic (exact) mass is 465 g/mol. The Bertz CT molecular complexity index is 1460. The fourth-order valence-electron chi connectivity index (χ4n) is 3.96. The maximum Gasteiger partial charge on any atom is 0.242 e. The molecule has 1 amide bonds. The van der Waals surface area contributed by atoms with E-state index in [2.05, 4.69) is 10.4 Å². The van der Waals surface area contributed by atoms with E-state index in [9.17, 15) is 13.2 Å². The zero-order valence-electron chi connectivity index (χ0n) is 19.2. The maximum atomic E-state index is 12.6. The second-order valence-electron chi connectivity index (χ2n) is 8.19. The highest BCUT2D eigenvalue weighted by Crippen LogP contribution is 2.23. The van der Waals surface area contributed by atoms with Gasteiger partial charge in [0.15, 0.2) is 5.65 Å². The van der Waals surface area contributed by atoms with E-state index in [0.717, 1.165) is 33.5 Å². The molecule has 0 bridgehead atoms. The molecule has 0 aliphatic carbocycles. The van der Waals surface area contributed by atoms with E-state index in [0.29, 0.717) is 12.0 Å². The number of amides is 1. The van der Waals surface area contributed by atoms with Gasteiger partial charge in [0, 0.05) is 43.8 Å². The number of aryl methyl sites for hydroxylation is 2. The van der Waals surface area contributed by atoms with Crippen LogP contribution in [0.25, 0.3) is 16.6 Å². The molecule has 172 valence electrons. The van der Waals surface area contributed by atoms with Crippen LogP contribution in [0.1, 0.15) is 28.9 Å². The van der Waals surface area contributed by atoms with Gasteiger partial charge in [-0.15, -0.1) is 0 Å². The first-order valence-electron chi connectivity index (χ1n) is 10.7. The molecule has 0 spiro atoms. The van der Waals surface area contributed by atoms with Crippen molar-refractivity contribution in [3.05, 3.63) is 71.0 Å². The summed E-state index contributed by atoms with van der Waals surface area (Å²) in [5.41, 5.74) is 5.07. The topological polar surface area (TPSA) is 96.7 Å². The number of fused-ring (bicyclic) bond motifs is 3. The van der Waals surface area contributed by atoms with E-state index < -0.39 is 10.0 Å². The molecule has 8 nitrogen and oxygen atoms in total. The van der Waals surface area contributed by atoms with Gasteiger partial charge in [-0.3, -0.25) is 4.79 Å². The van der Waals surface area contributed by atoms with Gasteiger partial charge >= 0.3 is 0 Å². The van der Waals surface area contributed by atoms with Gasteiger partial charge in [0.05, 0.1) is 10.4 Å². The summed E-state index contributed by atoms with van der Waals surface area (Å²) in [6.45, 7) is 4.08. The lowest BCUT2D eigenvalue weighted by Gasteiger charge is -2.15. The molecule has 0 saturated heterocycles. The molecular formula is C24H27N5O3S. The number of hydrogen-bond acceptors (Lipinski definition) is 5. The number of nitrogens with zero attached hydrogens (tertiary/aromatic N) is 4. The molecule has 0 radical (unpaired) electrons. The molecule has 0 unspecified atom stereocenters. The van der Waals surface area contributed by atoms with Crippen LogP contribution in [-0.4, -0.2) is 47.3 Å². The van der Waals surface area contributed by atoms with Gasteiger partial charge in [-0.2, -0.15) is 5.10 Å². The number of carbonyl (C=O) groups excluding carboxylic acids is 1. The van der Waals surface area contributed by atoms with E-state index in [1.165, 1.54) is 18.4 Å². The molecule has 9 heteroatoms. The van der Waals surface area contributed by atoms with E-state index >= 15 is 0 Å². The average Bonchev–Trinajstić information content (AvgIpc) is 3.16. The van der Waals surface area contributed by atoms with Crippen molar-refractivity contribution in [1.82, 2.24) is 24.2 Å². The quantitative estimate of drug-likeness (QED) is 0.453. The first-order chi connectivity index (χ1) is 15.7. The van der Waals surface area contributed by atoms with E-state index in [1.807, 2.05) is 42.6 Å². The number of benzene rings is 2. The van der Waals surface area contributed by atoms with Crippen molar-refractivity contribution in [2.75, 3.05) is 14.1 Å². The highest BCUT2D eigenvalue weighted by atomic mass is 32.2. The van der Waals surface area contributed by atoms with Crippen molar-refractivity contribution < 1.29 is 13.2 Å². The lowest BCUT2D eigenvalue weighted by atomic mass is 10.1. The summed E-state index contributed by atoms with van der Waals surface area (Å²) >= 11 is 0. The Labute approximate surface area is 193 Å². The van der Waals surface area contributed by atoms with E-state index in [-0.39, 0.29) is 23.8 Å². The van der Waals surface area contributed by atoms with Crippen LogP contribution in [0.3, 0.4) is 0 Å². The molecule has 1 N–H and O–H groups in total. The molecule has 0 fully saturated rings. The summed E-state index contributed by atoms with van der Waals surface area (Å²) in [5.74, 6) is -0.156. The Kier molecular flexibility index (Phi) is 6.18. The van der Waals surface area contributed by atoms with E-state index in [1.54, 1.807) is 24.3 Å². The standard InChI is InChI=1S/C24H27N5O3S/c1-16-19(17(2)29-24(26-16)20-10-6-7-11-21(20)27-29)13-14-23(30)25-15-18-9-5-8-12-22(18)33(31,32)28(3)4/h5-12H,13-15H2,1-4H3,(H,25,30). The third-order valence-corrected chi connectivity index (χ3v) is 7.74. The number of sulfonamides is 1. The zero-order chi connectivity index (χ0) is 23.8. The summed E-state index contributed by atoms with van der Waals surface area (Å²) in [7, 11) is -0.612. The molecule has 0 aliphatic heterocycles. The number of nitrogens with one attached hydrogen (secondary N) is 1. The predicted molar refractivity (Wildman–Crippen MR) is 127 cm³/mol. The Balaban J connectivity index is 1.49. The molecule has 4 rings (SSSR count). The van der Waals surface area contributed by atoms with Crippen molar-refractivity contribution in [3.63, 3.8) is 0 Å². The summed E-state index contributed by atoms with van der Waals surface area (Å²) in [4.78, 5) is 17.5. The van der Waals surface area contributed by atoms with Crippen LogP contribution in [0.5, 0.6) is 0 Å². The van der Waals surface area contributed by atoms with Crippen LogP contribution in [0.4, 0.5) is 0 Å². The normalized spacial score (nSPS) is 12.0. The summed E-state index contributed by atoms with van der Waals surface area (Å²) in [5, 5.41) is 8.51. The van der Waals surface area contributed by atoms with Gasteiger partial charge in [0.1, 0.15) is 0 Å². The van der Waals surface area contributed by atoms with Crippen LogP contribution in [0.2, 0.25) is 0 Å². The Hall–Kier alpha value is -3.30. The van der Waals surface area contributed by atoms with Crippen molar-refractivity contribution >= 4 is 32.5 Å². The van der Waals surface area contributed by atoms with Crippen LogP contribution in [0, 0.1) is 13.8 Å². The van der Waals surface area contributed by atoms with Crippen LogP contribution >= 0.6 is 0 Å². The van der Waals surface area contributed by atoms with E-state index in [4.69, 9.17) is 4.98 Å². The minimum atomic E-state index is -3.59. The van der Waals surface area contributed by atoms with Crippen LogP contribution in [0.15, 0.2) is 53.4 Å². The van der Waals surface area contributed by atoms with Gasteiger partial charge in [-0.25, -0.2) is 22.2 Å². The Morgan fingerprint density at radius 2 is 1.76 bits per heavy atom. The fourth-order valence-corrected chi connectivity index (χ4v) is 5.07. The van der Waals surface area contributed by atoms with Crippen molar-refractivity contribution in [2.45, 2.75) is 38.1 Å². The molecule has 2 aromatic carbocycles. The SMILES string of the molecule is Cc1nc2c3ccccc3nn2c(C)c1CCC(=O)NCc1ccccc1S(=O)(=O)N(C)C. The Morgan fingerprint density at radius 3 is 2.52 bits per heavy atom. The molecule has 0 saturated carbocycles. The lowest BCUT2D eigenvalue weighted by molar-refractivity contribution is -0.121. The molecule has 33 heavy (non-hydrogen) atoms. The summed E-state index contributed by atoms with van der Waals surface area (Å²) in [6, 6.07) is 14.6. The number of rotatable bonds is 7. The van der Waals surface area contributed by atoms with Gasteiger partial charge in [0.2, 0.25) is 15.9 Å². The van der Waals surface area contributed by atoms with Crippen molar-refractivity contribution in [2.24, 2.45) is 0 Å². The highest BCUT2D eigenvalue weighted by Gasteiger charge is 2.21. The second-order valence-corrected chi connectivity index (χ2v) is 10.3. The van der Waals surface area contributed by atoms with Crippen LogP contribution < -0.4 is 5.32 Å². The fraction of sp³-hybridized carbons (Fsp3) is 0.292. The molecular weight excluding hydrogens is 438 g/mol. The highest BCUT2D eigenvalue weighted by molar-refractivity contribution is 7.89. The van der Waals surface area contributed by atoms with Gasteiger partial charge in [-0.1, -0.05) is 30.3 Å². The third kappa shape index (κ3) is 4.34. The largest absolute Gasteiger partial charge is 0.352 e. The Morgan fingerprint density at radius 1 is 1.06 bits per heavy atom. The summed E-state index contributed by atoms with van der Waals surface area (Å²) in [6.07, 6.45) is 0.776. The number of aromatic nitrogens is 3. The first kappa shape index (κ1) is 22.9. The lowest BCUT2D eigenvalue weighted by Crippen LogP contribution is -2.27. The van der Waals surface area contributed by atoms with Gasteiger partial charge in [0.25, 0.3) is 0 Å². The average molecular weight is 466 g/mol. The molecule has 2 heterocycles. The van der Waals surface area contributed by atoms with Crippen molar-refractivity contribution in [3.8, 4) is 0 Å². The number of hydrogen-bond donors (Lipinski definition) is 1. The zero-order valence-corrected chi connectivity index (χ0v) is 20.0. The molecule has 0 atom stereocenters. The second kappa shape index (κ2) is 8.92. The minimum absolute atomic E-state index is 0.141. The summed E-state index contributed by atoms with van der Waals surface area (Å²) < 4.78 is 28.1. The third-order valence-electron chi connectivity index (χ3n) is 5.83. The van der Waals surface area contributed by atoms with Crippen LogP contribution in [-0.2, 0) is 27.8 Å². The van der Waals surface area contributed by atoms with Gasteiger partial charge < -0.3 is 5.32 Å². The van der Waals surface area contributed by atoms with Gasteiger partial charge in [-0.05, 0) is 49.6 Å². The minimum Gasteiger partial charge on any atom is -0.352 e. The number of carbonyl (C=O) groups is 1. The predicted octanol–water partition coefficient (Wildman–Crippen LogP) is 3.00. The molecule has 2 aromatic heterocycles. The van der Waals surface area contributed by atoms with Crippen molar-refractivity contribution in [1.29, 1.82) is 0 Å². The maximum absolute atomic E-state index is 12.6. The molecule has 0 aliphatic rings. The molecule has 4 aromatic rings. The smallest absolute Gasteiger partial charge is 0.242 e. The first-order valence-corrected chi connectivity index (χ1v) is 12.1.